The zero-order valence-corrected chi connectivity index (χ0v) is 29.6. The lowest BCUT2D eigenvalue weighted by Crippen LogP contribution is -2.39. The second-order valence-corrected chi connectivity index (χ2v) is 14.8. The maximum absolute atomic E-state index is 13.7. The van der Waals surface area contributed by atoms with Crippen LogP contribution in [0.3, 0.4) is 0 Å². The Morgan fingerprint density at radius 1 is 0.978 bits per heavy atom. The van der Waals surface area contributed by atoms with Gasteiger partial charge in [-0.25, -0.2) is 13.3 Å². The summed E-state index contributed by atoms with van der Waals surface area (Å²) in [4.78, 5) is 43.8. The Hall–Kier alpha value is -3.44. The molecule has 1 N–H and O–H groups in total. The van der Waals surface area contributed by atoms with Crippen molar-refractivity contribution in [1.29, 1.82) is 0 Å². The second-order valence-electron chi connectivity index (χ2n) is 13.3. The maximum Gasteiger partial charge on any atom is 0.414 e. The van der Waals surface area contributed by atoms with Gasteiger partial charge in [-0.2, -0.15) is 0 Å². The normalized spacial score (nSPS) is 14.6. The van der Waals surface area contributed by atoms with Crippen LogP contribution in [-0.4, -0.2) is 83.8 Å². The average Bonchev–Trinajstić information content (AvgIpc) is 3.03. The van der Waals surface area contributed by atoms with Gasteiger partial charge in [0.25, 0.3) is 11.8 Å². The van der Waals surface area contributed by atoms with Crippen molar-refractivity contribution >= 4 is 34.6 Å². The van der Waals surface area contributed by atoms with Gasteiger partial charge in [0.05, 0.1) is 12.0 Å². The van der Waals surface area contributed by atoms with Crippen molar-refractivity contribution in [2.75, 3.05) is 45.7 Å². The zero-order chi connectivity index (χ0) is 34.0. The molecule has 0 aliphatic heterocycles. The molecule has 1 unspecified atom stereocenters. The quantitative estimate of drug-likeness (QED) is 0.255. The highest BCUT2D eigenvalue weighted by atomic mass is 32.2. The monoisotopic (exact) mass is 656 g/mol. The molecule has 1 aliphatic carbocycles. The van der Waals surface area contributed by atoms with E-state index in [0.717, 1.165) is 25.7 Å². The molecule has 1 atom stereocenters. The summed E-state index contributed by atoms with van der Waals surface area (Å²) in [6.07, 6.45) is 5.21. The predicted molar refractivity (Wildman–Crippen MR) is 183 cm³/mol. The van der Waals surface area contributed by atoms with E-state index in [0.29, 0.717) is 53.9 Å². The first kappa shape index (κ1) is 37.0. The minimum atomic E-state index is -1.36. The molecule has 46 heavy (non-hydrogen) atoms. The van der Waals surface area contributed by atoms with Crippen molar-refractivity contribution in [2.45, 2.75) is 89.7 Å². The Labute approximate surface area is 277 Å². The topological polar surface area (TPSA) is 108 Å². The molecule has 0 heterocycles. The molecule has 1 fully saturated rings. The van der Waals surface area contributed by atoms with Gasteiger partial charge in [-0.05, 0) is 88.4 Å². The van der Waals surface area contributed by atoms with Crippen LogP contribution in [0, 0.1) is 5.92 Å². The number of anilines is 1. The molecule has 0 bridgehead atoms. The fourth-order valence-corrected chi connectivity index (χ4v) is 6.78. The van der Waals surface area contributed by atoms with Gasteiger partial charge in [-0.1, -0.05) is 33.1 Å². The average molecular weight is 657 g/mol. The van der Waals surface area contributed by atoms with Gasteiger partial charge in [0.1, 0.15) is 22.3 Å². The van der Waals surface area contributed by atoms with Gasteiger partial charge in [0.15, 0.2) is 0 Å². The molecular weight excluding hydrogens is 604 g/mol. The molecule has 3 rings (SSSR count). The molecule has 0 saturated heterocycles. The molecule has 3 amide bonds. The smallest absolute Gasteiger partial charge is 0.414 e. The SMILES string of the molecule is COc1ccc(S(=O)N(CCCNC(=O)c2cc(C(=O)N(C)C3CCCCC3)cc(N(C)C(=O)OC(C)(C)C)c2)CC(C)C)cc1. The van der Waals surface area contributed by atoms with Crippen molar-refractivity contribution in [3.05, 3.63) is 53.6 Å². The number of hydrogen-bond acceptors (Lipinski definition) is 6. The van der Waals surface area contributed by atoms with E-state index in [-0.39, 0.29) is 23.4 Å². The number of nitrogens with zero attached hydrogens (tertiary/aromatic N) is 3. The molecule has 0 aromatic heterocycles. The van der Waals surface area contributed by atoms with Crippen LogP contribution in [-0.2, 0) is 15.7 Å². The first-order valence-electron chi connectivity index (χ1n) is 16.2. The molecular formula is C35H52N4O6S. The molecule has 0 spiro atoms. The number of amides is 3. The molecule has 2 aromatic rings. The first-order valence-corrected chi connectivity index (χ1v) is 17.3. The lowest BCUT2D eigenvalue weighted by atomic mass is 9.94. The Balaban J connectivity index is 1.76. The summed E-state index contributed by atoms with van der Waals surface area (Å²) in [6, 6.07) is 12.2. The minimum Gasteiger partial charge on any atom is -0.497 e. The Kier molecular flexibility index (Phi) is 13.6. The van der Waals surface area contributed by atoms with Crippen LogP contribution in [0.4, 0.5) is 10.5 Å². The third kappa shape index (κ3) is 10.8. The molecule has 2 aromatic carbocycles. The summed E-state index contributed by atoms with van der Waals surface area (Å²) in [5.74, 6) is 0.445. The third-order valence-electron chi connectivity index (χ3n) is 7.86. The van der Waals surface area contributed by atoms with Gasteiger partial charge in [-0.15, -0.1) is 0 Å². The number of rotatable bonds is 13. The molecule has 11 heteroatoms. The van der Waals surface area contributed by atoms with Crippen LogP contribution in [0.5, 0.6) is 5.75 Å². The van der Waals surface area contributed by atoms with Crippen LogP contribution >= 0.6 is 0 Å². The van der Waals surface area contributed by atoms with E-state index in [2.05, 4.69) is 19.2 Å². The third-order valence-corrected chi connectivity index (χ3v) is 9.33. The van der Waals surface area contributed by atoms with Crippen LogP contribution < -0.4 is 15.0 Å². The van der Waals surface area contributed by atoms with Crippen LogP contribution in [0.2, 0.25) is 0 Å². The highest BCUT2D eigenvalue weighted by molar-refractivity contribution is 7.82. The predicted octanol–water partition coefficient (Wildman–Crippen LogP) is 6.27. The first-order chi connectivity index (χ1) is 21.7. The van der Waals surface area contributed by atoms with Gasteiger partial charge in [0, 0.05) is 56.6 Å². The minimum absolute atomic E-state index is 0.142. The highest BCUT2D eigenvalue weighted by Crippen LogP contribution is 2.26. The molecule has 10 nitrogen and oxygen atoms in total. The van der Waals surface area contributed by atoms with Gasteiger partial charge in [0.2, 0.25) is 0 Å². The number of carbonyl (C=O) groups is 3. The maximum atomic E-state index is 13.7. The lowest BCUT2D eigenvalue weighted by molar-refractivity contribution is 0.0587. The van der Waals surface area contributed by atoms with Crippen molar-refractivity contribution < 1.29 is 28.1 Å². The molecule has 1 aliphatic rings. The van der Waals surface area contributed by atoms with Gasteiger partial charge >= 0.3 is 6.09 Å². The number of nitrogens with one attached hydrogen (secondary N) is 1. The van der Waals surface area contributed by atoms with Crippen LogP contribution in [0.1, 0.15) is 93.9 Å². The second kappa shape index (κ2) is 16.9. The van der Waals surface area contributed by atoms with E-state index >= 15 is 0 Å². The summed E-state index contributed by atoms with van der Waals surface area (Å²) in [7, 11) is 3.60. The Bertz CT molecular complexity index is 1350. The van der Waals surface area contributed by atoms with Gasteiger partial charge < -0.3 is 19.7 Å². The number of hydrogen-bond donors (Lipinski definition) is 1. The van der Waals surface area contributed by atoms with Crippen LogP contribution in [0.15, 0.2) is 47.4 Å². The number of methoxy groups -OCH3 is 1. The van der Waals surface area contributed by atoms with Gasteiger partial charge in [-0.3, -0.25) is 14.5 Å². The van der Waals surface area contributed by atoms with Crippen molar-refractivity contribution in [3.8, 4) is 5.75 Å². The summed E-state index contributed by atoms with van der Waals surface area (Å²) in [6.45, 7) is 11.0. The summed E-state index contributed by atoms with van der Waals surface area (Å²) < 4.78 is 26.1. The fourth-order valence-electron chi connectivity index (χ4n) is 5.38. The Morgan fingerprint density at radius 3 is 2.20 bits per heavy atom. The number of benzene rings is 2. The van der Waals surface area contributed by atoms with E-state index in [1.807, 2.05) is 4.31 Å². The van der Waals surface area contributed by atoms with E-state index < -0.39 is 22.7 Å². The zero-order valence-electron chi connectivity index (χ0n) is 28.8. The highest BCUT2D eigenvalue weighted by Gasteiger charge is 2.27. The number of carbonyl (C=O) groups excluding carboxylic acids is 3. The lowest BCUT2D eigenvalue weighted by Gasteiger charge is -2.31. The molecule has 0 radical (unpaired) electrons. The number of ether oxygens (including phenoxy) is 2. The fraction of sp³-hybridized carbons (Fsp3) is 0.571. The summed E-state index contributed by atoms with van der Waals surface area (Å²) in [5, 5.41) is 2.95. The van der Waals surface area contributed by atoms with E-state index in [1.165, 1.54) is 11.3 Å². The standard InChI is InChI=1S/C35H52N4O6S/c1-25(2)24-39(46(43)31-17-15-30(44-8)16-18-31)20-12-19-36-32(40)26-21-27(33(41)37(6)28-13-10-9-11-14-28)23-29(22-26)38(7)34(42)45-35(3,4)5/h15-18,21-23,25,28H,9-14,19-20,24H2,1-8H3,(H,36,40). The molecule has 254 valence electrons. The van der Waals surface area contributed by atoms with Crippen LogP contribution in [0.25, 0.3) is 0 Å². The summed E-state index contributed by atoms with van der Waals surface area (Å²) in [5.41, 5.74) is 0.291. The Morgan fingerprint density at radius 2 is 1.61 bits per heavy atom. The largest absolute Gasteiger partial charge is 0.497 e. The summed E-state index contributed by atoms with van der Waals surface area (Å²) >= 11 is 0. The van der Waals surface area contributed by atoms with Crippen molar-refractivity contribution in [3.63, 3.8) is 0 Å². The van der Waals surface area contributed by atoms with Crippen molar-refractivity contribution in [2.24, 2.45) is 5.92 Å². The van der Waals surface area contributed by atoms with E-state index in [4.69, 9.17) is 9.47 Å². The van der Waals surface area contributed by atoms with Crippen molar-refractivity contribution in [1.82, 2.24) is 14.5 Å². The van der Waals surface area contributed by atoms with E-state index in [1.54, 1.807) is 89.3 Å². The molecule has 1 saturated carbocycles. The van der Waals surface area contributed by atoms with E-state index in [9.17, 15) is 18.6 Å².